The summed E-state index contributed by atoms with van der Waals surface area (Å²) < 4.78 is 5.32. The van der Waals surface area contributed by atoms with Gasteiger partial charge in [0.05, 0.1) is 6.04 Å². The molecule has 1 fully saturated rings. The summed E-state index contributed by atoms with van der Waals surface area (Å²) in [6.45, 7) is 7.56. The van der Waals surface area contributed by atoms with E-state index in [1.165, 1.54) is 12.8 Å². The summed E-state index contributed by atoms with van der Waals surface area (Å²) >= 11 is 0. The van der Waals surface area contributed by atoms with Crippen LogP contribution in [0.4, 0.5) is 0 Å². The van der Waals surface area contributed by atoms with Crippen LogP contribution in [0, 0.1) is 5.92 Å². The van der Waals surface area contributed by atoms with Gasteiger partial charge in [0.25, 0.3) is 0 Å². The number of amides is 1. The monoisotopic (exact) mass is 256 g/mol. The molecule has 106 valence electrons. The molecule has 0 saturated carbocycles. The van der Waals surface area contributed by atoms with Crippen molar-refractivity contribution in [3.63, 3.8) is 0 Å². The molecule has 1 saturated heterocycles. The third kappa shape index (κ3) is 6.36. The summed E-state index contributed by atoms with van der Waals surface area (Å²) in [6.07, 6.45) is 5.67. The topological polar surface area (TPSA) is 50.4 Å². The number of ether oxygens (including phenoxy) is 1. The van der Waals surface area contributed by atoms with Crippen molar-refractivity contribution in [2.45, 2.75) is 52.0 Å². The van der Waals surface area contributed by atoms with E-state index in [0.29, 0.717) is 5.92 Å². The smallest absolute Gasteiger partial charge is 0.236 e. The zero-order valence-corrected chi connectivity index (χ0v) is 11.8. The summed E-state index contributed by atoms with van der Waals surface area (Å²) in [5.74, 6) is 0.784. The van der Waals surface area contributed by atoms with E-state index in [4.69, 9.17) is 4.74 Å². The van der Waals surface area contributed by atoms with Gasteiger partial charge in [0.2, 0.25) is 5.91 Å². The van der Waals surface area contributed by atoms with Crippen molar-refractivity contribution in [3.05, 3.63) is 0 Å². The van der Waals surface area contributed by atoms with Crippen molar-refractivity contribution in [3.8, 4) is 0 Å². The van der Waals surface area contributed by atoms with Gasteiger partial charge in [-0.25, -0.2) is 0 Å². The molecule has 1 amide bonds. The van der Waals surface area contributed by atoms with Crippen molar-refractivity contribution < 1.29 is 9.53 Å². The third-order valence-electron chi connectivity index (χ3n) is 3.53. The van der Waals surface area contributed by atoms with E-state index in [-0.39, 0.29) is 11.9 Å². The second kappa shape index (κ2) is 9.34. The minimum absolute atomic E-state index is 0.0885. The fourth-order valence-electron chi connectivity index (χ4n) is 2.13. The Balaban J connectivity index is 2.07. The highest BCUT2D eigenvalue weighted by Crippen LogP contribution is 2.13. The molecule has 4 nitrogen and oxygen atoms in total. The quantitative estimate of drug-likeness (QED) is 0.650. The number of unbranched alkanes of at least 4 members (excludes halogenated alkanes) is 2. The van der Waals surface area contributed by atoms with Crippen LogP contribution in [0.5, 0.6) is 0 Å². The largest absolute Gasteiger partial charge is 0.381 e. The lowest BCUT2D eigenvalue weighted by atomic mass is 10.00. The Morgan fingerprint density at radius 2 is 2.06 bits per heavy atom. The zero-order chi connectivity index (χ0) is 13.2. The highest BCUT2D eigenvalue weighted by Gasteiger charge is 2.17. The van der Waals surface area contributed by atoms with E-state index in [0.717, 1.165) is 45.6 Å². The van der Waals surface area contributed by atoms with Gasteiger partial charge in [-0.15, -0.1) is 0 Å². The molecule has 0 bridgehead atoms. The van der Waals surface area contributed by atoms with Gasteiger partial charge in [-0.05, 0) is 38.6 Å². The molecule has 1 atom stereocenters. The second-order valence-corrected chi connectivity index (χ2v) is 5.18. The van der Waals surface area contributed by atoms with Crippen LogP contribution in [0.25, 0.3) is 0 Å². The first kappa shape index (κ1) is 15.4. The van der Waals surface area contributed by atoms with E-state index in [1.807, 2.05) is 6.92 Å². The van der Waals surface area contributed by atoms with Gasteiger partial charge in [-0.1, -0.05) is 19.8 Å². The summed E-state index contributed by atoms with van der Waals surface area (Å²) in [5, 5.41) is 6.30. The van der Waals surface area contributed by atoms with Gasteiger partial charge in [0.15, 0.2) is 0 Å². The Labute approximate surface area is 111 Å². The molecular formula is C14H28N2O2. The number of nitrogens with one attached hydrogen (secondary N) is 2. The van der Waals surface area contributed by atoms with E-state index < -0.39 is 0 Å². The number of hydrogen-bond acceptors (Lipinski definition) is 3. The molecule has 4 heteroatoms. The fourth-order valence-corrected chi connectivity index (χ4v) is 2.13. The lowest BCUT2D eigenvalue weighted by Crippen LogP contribution is -2.44. The molecule has 1 heterocycles. The fraction of sp³-hybridized carbons (Fsp3) is 0.929. The van der Waals surface area contributed by atoms with Crippen LogP contribution in [0.1, 0.15) is 46.0 Å². The Morgan fingerprint density at radius 3 is 2.72 bits per heavy atom. The third-order valence-corrected chi connectivity index (χ3v) is 3.53. The maximum absolute atomic E-state index is 11.8. The summed E-state index contributed by atoms with van der Waals surface area (Å²) in [6, 6.07) is -0.0885. The molecule has 1 aliphatic heterocycles. The van der Waals surface area contributed by atoms with E-state index in [9.17, 15) is 4.79 Å². The molecule has 2 N–H and O–H groups in total. The highest BCUT2D eigenvalue weighted by molar-refractivity contribution is 5.81. The number of carbonyl (C=O) groups is 1. The first-order valence-corrected chi connectivity index (χ1v) is 7.33. The van der Waals surface area contributed by atoms with Crippen LogP contribution in [0.15, 0.2) is 0 Å². The Morgan fingerprint density at radius 1 is 1.33 bits per heavy atom. The molecular weight excluding hydrogens is 228 g/mol. The lowest BCUT2D eigenvalue weighted by molar-refractivity contribution is -0.122. The minimum Gasteiger partial charge on any atom is -0.381 e. The van der Waals surface area contributed by atoms with Crippen LogP contribution in [-0.2, 0) is 9.53 Å². The molecule has 1 rings (SSSR count). The Kier molecular flexibility index (Phi) is 8.01. The average molecular weight is 256 g/mol. The number of carbonyl (C=O) groups excluding carboxylic acids is 1. The predicted octanol–water partition coefficient (Wildman–Crippen LogP) is 1.70. The first-order chi connectivity index (χ1) is 8.74. The molecule has 0 aromatic carbocycles. The van der Waals surface area contributed by atoms with Crippen molar-refractivity contribution in [1.29, 1.82) is 0 Å². The van der Waals surface area contributed by atoms with Crippen LogP contribution >= 0.6 is 0 Å². The van der Waals surface area contributed by atoms with Gasteiger partial charge in [-0.2, -0.15) is 0 Å². The van der Waals surface area contributed by atoms with Crippen molar-refractivity contribution in [2.24, 2.45) is 5.92 Å². The second-order valence-electron chi connectivity index (χ2n) is 5.18. The van der Waals surface area contributed by atoms with Gasteiger partial charge >= 0.3 is 0 Å². The lowest BCUT2D eigenvalue weighted by Gasteiger charge is -2.24. The highest BCUT2D eigenvalue weighted by atomic mass is 16.5. The molecule has 0 aromatic heterocycles. The van der Waals surface area contributed by atoms with Crippen LogP contribution in [0.3, 0.4) is 0 Å². The first-order valence-electron chi connectivity index (χ1n) is 7.33. The standard InChI is InChI=1S/C14H28N2O2/c1-3-4-5-8-15-14(17)12(2)16-11-13-6-9-18-10-7-13/h12-13,16H,3-11H2,1-2H3,(H,15,17). The SMILES string of the molecule is CCCCCNC(=O)C(C)NCC1CCOCC1. The predicted molar refractivity (Wildman–Crippen MR) is 73.5 cm³/mol. The Bertz CT molecular complexity index is 228. The molecule has 1 aliphatic rings. The van der Waals surface area contributed by atoms with Crippen LogP contribution < -0.4 is 10.6 Å². The zero-order valence-electron chi connectivity index (χ0n) is 11.8. The van der Waals surface area contributed by atoms with Crippen molar-refractivity contribution in [1.82, 2.24) is 10.6 Å². The molecule has 18 heavy (non-hydrogen) atoms. The van der Waals surface area contributed by atoms with E-state index in [1.54, 1.807) is 0 Å². The summed E-state index contributed by atoms with van der Waals surface area (Å²) in [7, 11) is 0. The van der Waals surface area contributed by atoms with E-state index >= 15 is 0 Å². The maximum Gasteiger partial charge on any atom is 0.236 e. The van der Waals surface area contributed by atoms with Crippen molar-refractivity contribution in [2.75, 3.05) is 26.3 Å². The maximum atomic E-state index is 11.8. The average Bonchev–Trinajstić information content (AvgIpc) is 2.42. The van der Waals surface area contributed by atoms with Gasteiger partial charge in [-0.3, -0.25) is 4.79 Å². The Hall–Kier alpha value is -0.610. The van der Waals surface area contributed by atoms with Gasteiger partial charge in [0, 0.05) is 19.8 Å². The van der Waals surface area contributed by atoms with Crippen LogP contribution in [-0.4, -0.2) is 38.3 Å². The number of rotatable bonds is 8. The van der Waals surface area contributed by atoms with E-state index in [2.05, 4.69) is 17.6 Å². The van der Waals surface area contributed by atoms with Crippen molar-refractivity contribution >= 4 is 5.91 Å². The number of hydrogen-bond donors (Lipinski definition) is 2. The van der Waals surface area contributed by atoms with Crippen LogP contribution in [0.2, 0.25) is 0 Å². The summed E-state index contributed by atoms with van der Waals surface area (Å²) in [5.41, 5.74) is 0. The molecule has 0 aromatic rings. The molecule has 0 radical (unpaired) electrons. The normalized spacial score (nSPS) is 18.6. The van der Waals surface area contributed by atoms with Gasteiger partial charge < -0.3 is 15.4 Å². The van der Waals surface area contributed by atoms with Gasteiger partial charge in [0.1, 0.15) is 0 Å². The minimum atomic E-state index is -0.0885. The molecule has 1 unspecified atom stereocenters. The summed E-state index contributed by atoms with van der Waals surface area (Å²) in [4.78, 5) is 11.8. The molecule has 0 spiro atoms. The molecule has 0 aliphatic carbocycles.